The number of likely N-dealkylation sites (tertiary alicyclic amines) is 1. The van der Waals surface area contributed by atoms with E-state index in [1.807, 2.05) is 42.2 Å². The molecule has 0 atom stereocenters. The van der Waals surface area contributed by atoms with Crippen molar-refractivity contribution < 1.29 is 9.53 Å². The van der Waals surface area contributed by atoms with Crippen molar-refractivity contribution in [3.8, 4) is 0 Å². The van der Waals surface area contributed by atoms with E-state index >= 15 is 0 Å². The summed E-state index contributed by atoms with van der Waals surface area (Å²) in [6, 6.07) is 7.90. The maximum atomic E-state index is 12.4. The van der Waals surface area contributed by atoms with Gasteiger partial charge in [-0.1, -0.05) is 36.6 Å². The van der Waals surface area contributed by atoms with Gasteiger partial charge in [0.1, 0.15) is 0 Å². The maximum absolute atomic E-state index is 12.4. The van der Waals surface area contributed by atoms with Crippen molar-refractivity contribution in [2.45, 2.75) is 51.6 Å². The van der Waals surface area contributed by atoms with Crippen LogP contribution in [0.1, 0.15) is 44.1 Å². The molecule has 0 unspecified atom stereocenters. The van der Waals surface area contributed by atoms with Crippen LogP contribution in [-0.4, -0.2) is 61.8 Å². The molecule has 28 heavy (non-hydrogen) atoms. The van der Waals surface area contributed by atoms with Crippen molar-refractivity contribution >= 4 is 11.7 Å². The summed E-state index contributed by atoms with van der Waals surface area (Å²) in [5.74, 6) is 0. The van der Waals surface area contributed by atoms with Crippen LogP contribution in [-0.2, 0) is 4.74 Å². The van der Waals surface area contributed by atoms with Crippen LogP contribution < -0.4 is 5.32 Å². The molecule has 0 radical (unpaired) electrons. The Morgan fingerprint density at radius 1 is 1.21 bits per heavy atom. The Hall–Kier alpha value is -1.85. The van der Waals surface area contributed by atoms with Crippen LogP contribution in [0.5, 0.6) is 0 Å². The highest BCUT2D eigenvalue weighted by atomic mass is 16.5. The minimum Gasteiger partial charge on any atom is -0.378 e. The molecule has 0 saturated carbocycles. The number of unbranched alkanes of at least 4 members (excludes halogenated alkanes) is 3. The molecule has 2 amide bonds. The van der Waals surface area contributed by atoms with E-state index in [9.17, 15) is 4.79 Å². The molecule has 1 aromatic carbocycles. The second-order valence-corrected chi connectivity index (χ2v) is 7.82. The van der Waals surface area contributed by atoms with E-state index in [4.69, 9.17) is 4.74 Å². The van der Waals surface area contributed by atoms with Crippen molar-refractivity contribution in [1.29, 1.82) is 0 Å². The summed E-state index contributed by atoms with van der Waals surface area (Å²) >= 11 is 0. The number of carbonyl (C=O) groups is 1. The van der Waals surface area contributed by atoms with Gasteiger partial charge in [0.05, 0.1) is 6.10 Å². The second-order valence-electron chi connectivity index (χ2n) is 7.82. The molecule has 1 fully saturated rings. The first-order valence-electron chi connectivity index (χ1n) is 10.6. The lowest BCUT2D eigenvalue weighted by molar-refractivity contribution is 0.0140. The summed E-state index contributed by atoms with van der Waals surface area (Å²) < 4.78 is 6.03. The molecule has 156 valence electrons. The molecule has 0 spiro atoms. The third-order valence-corrected chi connectivity index (χ3v) is 5.26. The highest BCUT2D eigenvalue weighted by Gasteiger charge is 2.23. The Morgan fingerprint density at radius 2 is 1.89 bits per heavy atom. The van der Waals surface area contributed by atoms with Crippen LogP contribution >= 0.6 is 0 Å². The zero-order chi connectivity index (χ0) is 20.2. The average molecular weight is 388 g/mol. The third-order valence-electron chi connectivity index (χ3n) is 5.26. The zero-order valence-electron chi connectivity index (χ0n) is 17.7. The monoisotopic (exact) mass is 387 g/mol. The highest BCUT2D eigenvalue weighted by Crippen LogP contribution is 2.16. The number of hydrogen-bond acceptors (Lipinski definition) is 3. The molecule has 1 N–H and O–H groups in total. The molecule has 1 heterocycles. The number of piperidine rings is 1. The molecule has 5 heteroatoms. The van der Waals surface area contributed by atoms with Gasteiger partial charge in [-0.15, -0.1) is 6.58 Å². The van der Waals surface area contributed by atoms with E-state index in [-0.39, 0.29) is 6.03 Å². The van der Waals surface area contributed by atoms with Gasteiger partial charge in [0.2, 0.25) is 0 Å². The normalized spacial score (nSPS) is 15.0. The van der Waals surface area contributed by atoms with Crippen LogP contribution in [0.25, 0.3) is 0 Å². The Morgan fingerprint density at radius 3 is 2.57 bits per heavy atom. The molecule has 1 aliphatic heterocycles. The number of benzene rings is 1. The third kappa shape index (κ3) is 8.44. The Labute approximate surface area is 170 Å². The van der Waals surface area contributed by atoms with Crippen molar-refractivity contribution in [2.24, 2.45) is 0 Å². The summed E-state index contributed by atoms with van der Waals surface area (Å²) in [5.41, 5.74) is 2.04. The number of carbonyl (C=O) groups excluding carboxylic acids is 1. The minimum absolute atomic E-state index is 0.0104. The smallest absolute Gasteiger partial charge is 0.321 e. The average Bonchev–Trinajstić information content (AvgIpc) is 2.69. The number of urea groups is 1. The van der Waals surface area contributed by atoms with Gasteiger partial charge in [-0.05, 0) is 58.3 Å². The Kier molecular flexibility index (Phi) is 10.1. The van der Waals surface area contributed by atoms with Crippen molar-refractivity contribution in [1.82, 2.24) is 9.80 Å². The molecule has 0 bridgehead atoms. The fraction of sp³-hybridized carbons (Fsp3) is 0.609. The number of nitrogens with one attached hydrogen (secondary N) is 1. The van der Waals surface area contributed by atoms with E-state index in [1.165, 1.54) is 24.8 Å². The number of rotatable bonds is 11. The molecule has 1 aliphatic rings. The van der Waals surface area contributed by atoms with E-state index in [2.05, 4.69) is 23.8 Å². The number of aryl methyl sites for hydroxylation is 1. The number of amides is 2. The minimum atomic E-state index is -0.0104. The van der Waals surface area contributed by atoms with Crippen LogP contribution in [0.2, 0.25) is 0 Å². The summed E-state index contributed by atoms with van der Waals surface area (Å²) in [4.78, 5) is 16.6. The SMILES string of the molecule is C=CCN(C)CCCCCCOC1CCN(C(=O)Nc2ccc(C)cc2)CC1. The second kappa shape index (κ2) is 12.6. The lowest BCUT2D eigenvalue weighted by Crippen LogP contribution is -2.43. The van der Waals surface area contributed by atoms with Gasteiger partial charge in [-0.25, -0.2) is 4.79 Å². The van der Waals surface area contributed by atoms with Gasteiger partial charge in [0.15, 0.2) is 0 Å². The Balaban J connectivity index is 1.52. The van der Waals surface area contributed by atoms with Crippen LogP contribution in [0, 0.1) is 6.92 Å². The summed E-state index contributed by atoms with van der Waals surface area (Å²) in [7, 11) is 2.14. The fourth-order valence-corrected chi connectivity index (χ4v) is 3.46. The number of ether oxygens (including phenoxy) is 1. The van der Waals surface area contributed by atoms with Gasteiger partial charge < -0.3 is 19.9 Å². The van der Waals surface area contributed by atoms with E-state index in [0.29, 0.717) is 6.10 Å². The van der Waals surface area contributed by atoms with Gasteiger partial charge in [0.25, 0.3) is 0 Å². The van der Waals surface area contributed by atoms with Crippen molar-refractivity contribution in [3.05, 3.63) is 42.5 Å². The number of hydrogen-bond donors (Lipinski definition) is 1. The van der Waals surface area contributed by atoms with Crippen LogP contribution in [0.4, 0.5) is 10.5 Å². The lowest BCUT2D eigenvalue weighted by Gasteiger charge is -2.32. The van der Waals surface area contributed by atoms with Crippen LogP contribution in [0.3, 0.4) is 0 Å². The molecule has 2 rings (SSSR count). The first kappa shape index (κ1) is 22.4. The molecule has 0 aromatic heterocycles. The molecular weight excluding hydrogens is 350 g/mol. The fourth-order valence-electron chi connectivity index (χ4n) is 3.46. The standard InChI is InChI=1S/C23H37N3O2/c1-4-15-25(3)16-7-5-6-8-19-28-22-13-17-26(18-14-22)23(27)24-21-11-9-20(2)10-12-21/h4,9-12,22H,1,5-8,13-19H2,2-3H3,(H,24,27). The van der Waals surface area contributed by atoms with Gasteiger partial charge in [-0.3, -0.25) is 0 Å². The summed E-state index contributed by atoms with van der Waals surface area (Å²) in [6.45, 7) is 10.3. The highest BCUT2D eigenvalue weighted by molar-refractivity contribution is 5.89. The lowest BCUT2D eigenvalue weighted by atomic mass is 10.1. The van der Waals surface area contributed by atoms with Crippen molar-refractivity contribution in [2.75, 3.05) is 45.2 Å². The quantitative estimate of drug-likeness (QED) is 0.443. The molecular formula is C23H37N3O2. The number of likely N-dealkylation sites (N-methyl/N-ethyl adjacent to an activating group) is 1. The van der Waals surface area contributed by atoms with Gasteiger partial charge >= 0.3 is 6.03 Å². The predicted molar refractivity (Wildman–Crippen MR) is 117 cm³/mol. The number of nitrogens with zero attached hydrogens (tertiary/aromatic N) is 2. The van der Waals surface area contributed by atoms with Crippen molar-refractivity contribution in [3.63, 3.8) is 0 Å². The largest absolute Gasteiger partial charge is 0.378 e. The topological polar surface area (TPSA) is 44.8 Å². The first-order valence-corrected chi connectivity index (χ1v) is 10.6. The summed E-state index contributed by atoms with van der Waals surface area (Å²) in [5, 5.41) is 2.98. The van der Waals surface area contributed by atoms with E-state index < -0.39 is 0 Å². The van der Waals surface area contributed by atoms with Gasteiger partial charge in [-0.2, -0.15) is 0 Å². The molecule has 0 aliphatic carbocycles. The maximum Gasteiger partial charge on any atom is 0.321 e. The zero-order valence-corrected chi connectivity index (χ0v) is 17.7. The molecule has 1 aromatic rings. The van der Waals surface area contributed by atoms with Crippen LogP contribution in [0.15, 0.2) is 36.9 Å². The number of anilines is 1. The van der Waals surface area contributed by atoms with Gasteiger partial charge in [0, 0.05) is 31.9 Å². The summed E-state index contributed by atoms with van der Waals surface area (Å²) in [6.07, 6.45) is 8.93. The Bertz CT molecular complexity index is 580. The first-order chi connectivity index (χ1) is 13.6. The van der Waals surface area contributed by atoms with E-state index in [0.717, 1.165) is 57.7 Å². The predicted octanol–water partition coefficient (Wildman–Crippen LogP) is 4.69. The molecule has 5 nitrogen and oxygen atoms in total. The van der Waals surface area contributed by atoms with E-state index in [1.54, 1.807) is 0 Å². The molecule has 1 saturated heterocycles.